The number of hydrogen-bond acceptors (Lipinski definition) is 4. The van der Waals surface area contributed by atoms with Gasteiger partial charge in [-0.1, -0.05) is 12.1 Å². The van der Waals surface area contributed by atoms with Crippen LogP contribution in [-0.4, -0.2) is 50.0 Å². The molecule has 1 aromatic carbocycles. The molecular weight excluding hydrogens is 445 g/mol. The van der Waals surface area contributed by atoms with Crippen LogP contribution in [0.2, 0.25) is 0 Å². The maximum absolute atomic E-state index is 10.3. The topological polar surface area (TPSA) is 75.1 Å². The number of nitrogens with one attached hydrogen (secondary N) is 2. The number of aliphatic imine (C=N–C) groups is 1. The lowest BCUT2D eigenvalue weighted by atomic mass is 10.1. The standard InChI is InChI=1S/C19H33N3O3.HI/c1-5-20-19(21-12-7-13-24-6-2)22-14-18(23)16-8-10-17(11-9-16)25-15(3)4;/h8-11,15,18,23H,5-7,12-14H2,1-4H3,(H2,20,21,22);1H. The Morgan fingerprint density at radius 1 is 1.15 bits per heavy atom. The number of hydrogen-bond donors (Lipinski definition) is 3. The number of halogens is 1. The summed E-state index contributed by atoms with van der Waals surface area (Å²) in [6, 6.07) is 7.50. The largest absolute Gasteiger partial charge is 0.491 e. The number of nitrogens with zero attached hydrogens (tertiary/aromatic N) is 1. The Labute approximate surface area is 174 Å². The first-order chi connectivity index (χ1) is 12.1. The van der Waals surface area contributed by atoms with Crippen molar-refractivity contribution in [3.8, 4) is 5.75 Å². The second-order valence-electron chi connectivity index (χ2n) is 5.95. The molecule has 0 heterocycles. The third-order valence-corrected chi connectivity index (χ3v) is 3.37. The average Bonchev–Trinajstić information content (AvgIpc) is 2.59. The summed E-state index contributed by atoms with van der Waals surface area (Å²) in [7, 11) is 0. The van der Waals surface area contributed by atoms with Crippen LogP contribution in [0.25, 0.3) is 0 Å². The summed E-state index contributed by atoms with van der Waals surface area (Å²) in [5.74, 6) is 1.51. The van der Waals surface area contributed by atoms with Crippen LogP contribution >= 0.6 is 24.0 Å². The predicted octanol–water partition coefficient (Wildman–Crippen LogP) is 3.11. The van der Waals surface area contributed by atoms with Gasteiger partial charge in [0.15, 0.2) is 5.96 Å². The highest BCUT2D eigenvalue weighted by molar-refractivity contribution is 14.0. The second kappa shape index (κ2) is 15.0. The van der Waals surface area contributed by atoms with E-state index in [4.69, 9.17) is 9.47 Å². The third kappa shape index (κ3) is 10.8. The Kier molecular flexibility index (Phi) is 14.4. The molecule has 0 aliphatic heterocycles. The lowest BCUT2D eigenvalue weighted by molar-refractivity contribution is 0.145. The summed E-state index contributed by atoms with van der Waals surface area (Å²) in [6.45, 7) is 11.3. The normalized spacial score (nSPS) is 12.5. The Balaban J connectivity index is 0.00000625. The highest BCUT2D eigenvalue weighted by atomic mass is 127. The van der Waals surface area contributed by atoms with E-state index in [1.807, 2.05) is 52.0 Å². The molecule has 1 unspecified atom stereocenters. The summed E-state index contributed by atoms with van der Waals surface area (Å²) < 4.78 is 10.9. The van der Waals surface area contributed by atoms with E-state index < -0.39 is 6.10 Å². The van der Waals surface area contributed by atoms with Crippen LogP contribution in [0.3, 0.4) is 0 Å². The first kappa shape index (κ1) is 24.9. The van der Waals surface area contributed by atoms with Gasteiger partial charge in [-0.2, -0.15) is 0 Å². The van der Waals surface area contributed by atoms with Gasteiger partial charge in [0.2, 0.25) is 0 Å². The molecule has 1 aromatic rings. The zero-order valence-corrected chi connectivity index (χ0v) is 18.7. The van der Waals surface area contributed by atoms with E-state index in [9.17, 15) is 5.11 Å². The van der Waals surface area contributed by atoms with Gasteiger partial charge in [-0.05, 0) is 51.8 Å². The van der Waals surface area contributed by atoms with Crippen LogP contribution in [0, 0.1) is 0 Å². The SMILES string of the molecule is CCNC(=NCC(O)c1ccc(OC(C)C)cc1)NCCCOCC.I. The molecule has 3 N–H and O–H groups in total. The Morgan fingerprint density at radius 2 is 1.85 bits per heavy atom. The summed E-state index contributed by atoms with van der Waals surface area (Å²) >= 11 is 0. The van der Waals surface area contributed by atoms with Gasteiger partial charge in [-0.3, -0.25) is 4.99 Å². The molecule has 1 rings (SSSR count). The lowest BCUT2D eigenvalue weighted by Crippen LogP contribution is -2.38. The molecule has 0 saturated heterocycles. The molecular formula is C19H34IN3O3. The van der Waals surface area contributed by atoms with Gasteiger partial charge in [-0.25, -0.2) is 0 Å². The van der Waals surface area contributed by atoms with E-state index in [1.165, 1.54) is 0 Å². The van der Waals surface area contributed by atoms with Gasteiger partial charge in [0, 0.05) is 26.3 Å². The molecule has 0 aliphatic carbocycles. The lowest BCUT2D eigenvalue weighted by Gasteiger charge is -2.14. The van der Waals surface area contributed by atoms with Crippen molar-refractivity contribution in [1.29, 1.82) is 0 Å². The number of rotatable bonds is 11. The molecule has 0 amide bonds. The molecule has 0 fully saturated rings. The van der Waals surface area contributed by atoms with Gasteiger partial charge in [-0.15, -0.1) is 24.0 Å². The molecule has 7 heteroatoms. The minimum Gasteiger partial charge on any atom is -0.491 e. The monoisotopic (exact) mass is 479 g/mol. The first-order valence-electron chi connectivity index (χ1n) is 9.11. The van der Waals surface area contributed by atoms with Crippen LogP contribution in [-0.2, 0) is 4.74 Å². The smallest absolute Gasteiger partial charge is 0.191 e. The quantitative estimate of drug-likeness (QED) is 0.197. The molecule has 150 valence electrons. The highest BCUT2D eigenvalue weighted by Crippen LogP contribution is 2.19. The van der Waals surface area contributed by atoms with Crippen LogP contribution in [0.4, 0.5) is 0 Å². The van der Waals surface area contributed by atoms with E-state index >= 15 is 0 Å². The van der Waals surface area contributed by atoms with Crippen molar-refractivity contribution >= 4 is 29.9 Å². The van der Waals surface area contributed by atoms with Crippen LogP contribution in [0.1, 0.15) is 45.8 Å². The maximum Gasteiger partial charge on any atom is 0.191 e. The third-order valence-electron chi connectivity index (χ3n) is 3.37. The Morgan fingerprint density at radius 3 is 2.42 bits per heavy atom. The molecule has 6 nitrogen and oxygen atoms in total. The van der Waals surface area contributed by atoms with Crippen molar-refractivity contribution < 1.29 is 14.6 Å². The van der Waals surface area contributed by atoms with Crippen molar-refractivity contribution in [2.45, 2.75) is 46.3 Å². The minimum atomic E-state index is -0.646. The molecule has 0 saturated carbocycles. The van der Waals surface area contributed by atoms with Crippen LogP contribution in [0.15, 0.2) is 29.3 Å². The number of guanidine groups is 1. The molecule has 0 bridgehead atoms. The summed E-state index contributed by atoms with van der Waals surface area (Å²) in [5, 5.41) is 16.8. The zero-order chi connectivity index (χ0) is 18.5. The van der Waals surface area contributed by atoms with E-state index in [1.54, 1.807) is 0 Å². The summed E-state index contributed by atoms with van der Waals surface area (Å²) in [4.78, 5) is 4.45. The fraction of sp³-hybridized carbons (Fsp3) is 0.632. The zero-order valence-electron chi connectivity index (χ0n) is 16.3. The fourth-order valence-electron chi connectivity index (χ4n) is 2.19. The van der Waals surface area contributed by atoms with E-state index in [-0.39, 0.29) is 30.1 Å². The first-order valence-corrected chi connectivity index (χ1v) is 9.11. The molecule has 26 heavy (non-hydrogen) atoms. The maximum atomic E-state index is 10.3. The molecule has 1 atom stereocenters. The van der Waals surface area contributed by atoms with Crippen molar-refractivity contribution in [3.63, 3.8) is 0 Å². The van der Waals surface area contributed by atoms with Crippen LogP contribution < -0.4 is 15.4 Å². The second-order valence-corrected chi connectivity index (χ2v) is 5.95. The molecule has 0 spiro atoms. The molecule has 0 aromatic heterocycles. The number of benzene rings is 1. The van der Waals surface area contributed by atoms with Gasteiger partial charge >= 0.3 is 0 Å². The van der Waals surface area contributed by atoms with E-state index in [0.717, 1.165) is 44.0 Å². The van der Waals surface area contributed by atoms with Gasteiger partial charge in [0.05, 0.1) is 18.8 Å². The summed E-state index contributed by atoms with van der Waals surface area (Å²) in [6.07, 6.45) is 0.404. The van der Waals surface area contributed by atoms with Crippen molar-refractivity contribution in [1.82, 2.24) is 10.6 Å². The number of aliphatic hydroxyl groups excluding tert-OH is 1. The minimum absolute atomic E-state index is 0. The highest BCUT2D eigenvalue weighted by Gasteiger charge is 2.08. The van der Waals surface area contributed by atoms with Crippen molar-refractivity contribution in [2.24, 2.45) is 4.99 Å². The number of ether oxygens (including phenoxy) is 2. The van der Waals surface area contributed by atoms with Crippen molar-refractivity contribution in [2.75, 3.05) is 32.8 Å². The van der Waals surface area contributed by atoms with Gasteiger partial charge in [0.1, 0.15) is 5.75 Å². The average molecular weight is 479 g/mol. The van der Waals surface area contributed by atoms with Gasteiger partial charge < -0.3 is 25.2 Å². The van der Waals surface area contributed by atoms with E-state index in [0.29, 0.717) is 12.5 Å². The molecule has 0 radical (unpaired) electrons. The van der Waals surface area contributed by atoms with E-state index in [2.05, 4.69) is 15.6 Å². The Hall–Kier alpha value is -1.06. The fourth-order valence-corrected chi connectivity index (χ4v) is 2.19. The molecule has 0 aliphatic rings. The van der Waals surface area contributed by atoms with Gasteiger partial charge in [0.25, 0.3) is 0 Å². The Bertz CT molecular complexity index is 495. The summed E-state index contributed by atoms with van der Waals surface area (Å²) in [5.41, 5.74) is 0.826. The number of aliphatic hydroxyl groups is 1. The predicted molar refractivity (Wildman–Crippen MR) is 118 cm³/mol. The van der Waals surface area contributed by atoms with Crippen molar-refractivity contribution in [3.05, 3.63) is 29.8 Å². The van der Waals surface area contributed by atoms with Crippen LogP contribution in [0.5, 0.6) is 5.75 Å².